The number of nitrogens with zero attached hydrogens (tertiary/aromatic N) is 3. The molecular formula is C25H20Cl2N4O. The van der Waals surface area contributed by atoms with Gasteiger partial charge in [0.15, 0.2) is 0 Å². The van der Waals surface area contributed by atoms with Crippen LogP contribution in [0, 0.1) is 0 Å². The van der Waals surface area contributed by atoms with E-state index >= 15 is 0 Å². The number of pyridine rings is 1. The molecule has 3 heterocycles. The Kier molecular flexibility index (Phi) is 5.79. The molecule has 1 aliphatic rings. The number of halogens is 2. The zero-order valence-corrected chi connectivity index (χ0v) is 18.7. The SMILES string of the molecule is O=c1[nH]c(-c2ccc(Cl)cc2)nc2c1CN(Cc1ccc(-c3ccc(Cl)cc3)nc1)CC2. The normalized spacial score (nSPS) is 13.7. The van der Waals surface area contributed by atoms with Crippen molar-refractivity contribution in [2.75, 3.05) is 6.54 Å². The van der Waals surface area contributed by atoms with Gasteiger partial charge in [0.25, 0.3) is 5.56 Å². The highest BCUT2D eigenvalue weighted by molar-refractivity contribution is 6.30. The fourth-order valence-corrected chi connectivity index (χ4v) is 4.18. The summed E-state index contributed by atoms with van der Waals surface area (Å²) in [4.78, 5) is 27.3. The van der Waals surface area contributed by atoms with Gasteiger partial charge in [-0.3, -0.25) is 14.7 Å². The van der Waals surface area contributed by atoms with Gasteiger partial charge in [-0.1, -0.05) is 41.4 Å². The average Bonchev–Trinajstić information content (AvgIpc) is 2.81. The van der Waals surface area contributed by atoms with E-state index in [-0.39, 0.29) is 5.56 Å². The summed E-state index contributed by atoms with van der Waals surface area (Å²) in [5.41, 5.74) is 5.41. The van der Waals surface area contributed by atoms with E-state index in [1.165, 1.54) is 0 Å². The van der Waals surface area contributed by atoms with E-state index in [0.717, 1.165) is 53.2 Å². The maximum Gasteiger partial charge on any atom is 0.255 e. The minimum absolute atomic E-state index is 0.0825. The summed E-state index contributed by atoms with van der Waals surface area (Å²) in [6, 6.07) is 19.1. The third-order valence-corrected chi connectivity index (χ3v) is 6.14. The van der Waals surface area contributed by atoms with Crippen molar-refractivity contribution in [1.82, 2.24) is 19.9 Å². The summed E-state index contributed by atoms with van der Waals surface area (Å²) < 4.78 is 0. The van der Waals surface area contributed by atoms with Crippen molar-refractivity contribution in [3.05, 3.63) is 104 Å². The Balaban J connectivity index is 1.30. The number of hydrogen-bond donors (Lipinski definition) is 1. The molecule has 160 valence electrons. The van der Waals surface area contributed by atoms with Gasteiger partial charge in [-0.2, -0.15) is 0 Å². The second kappa shape index (κ2) is 8.87. The van der Waals surface area contributed by atoms with Gasteiger partial charge in [0.2, 0.25) is 0 Å². The topological polar surface area (TPSA) is 61.9 Å². The average molecular weight is 463 g/mol. The second-order valence-electron chi connectivity index (χ2n) is 7.87. The predicted octanol–water partition coefficient (Wildman–Crippen LogP) is 5.36. The van der Waals surface area contributed by atoms with Crippen LogP contribution in [0.15, 0.2) is 71.7 Å². The van der Waals surface area contributed by atoms with E-state index < -0.39 is 0 Å². The van der Waals surface area contributed by atoms with Crippen LogP contribution >= 0.6 is 23.2 Å². The molecule has 0 radical (unpaired) electrons. The molecule has 5 nitrogen and oxygen atoms in total. The monoisotopic (exact) mass is 462 g/mol. The zero-order valence-electron chi connectivity index (χ0n) is 17.2. The summed E-state index contributed by atoms with van der Waals surface area (Å²) in [5, 5.41) is 1.36. The van der Waals surface area contributed by atoms with Crippen LogP contribution < -0.4 is 5.56 Å². The first kappa shape index (κ1) is 20.9. The lowest BCUT2D eigenvalue weighted by Crippen LogP contribution is -2.35. The highest BCUT2D eigenvalue weighted by Gasteiger charge is 2.21. The molecule has 0 amide bonds. The molecule has 0 aliphatic carbocycles. The molecule has 4 aromatic rings. The Morgan fingerprint density at radius 3 is 2.25 bits per heavy atom. The fourth-order valence-electron chi connectivity index (χ4n) is 3.93. The number of H-pyrrole nitrogens is 1. The van der Waals surface area contributed by atoms with Crippen molar-refractivity contribution in [3.8, 4) is 22.6 Å². The van der Waals surface area contributed by atoms with Gasteiger partial charge in [-0.05, 0) is 48.0 Å². The maximum atomic E-state index is 12.8. The lowest BCUT2D eigenvalue weighted by atomic mass is 10.1. The zero-order chi connectivity index (χ0) is 22.1. The van der Waals surface area contributed by atoms with Gasteiger partial charge >= 0.3 is 0 Å². The molecular weight excluding hydrogens is 443 g/mol. The molecule has 0 spiro atoms. The van der Waals surface area contributed by atoms with E-state index in [1.807, 2.05) is 48.7 Å². The molecule has 0 saturated heterocycles. The summed E-state index contributed by atoms with van der Waals surface area (Å²) in [5.74, 6) is 0.584. The third-order valence-electron chi connectivity index (χ3n) is 5.64. The predicted molar refractivity (Wildman–Crippen MR) is 128 cm³/mol. The van der Waals surface area contributed by atoms with Crippen molar-refractivity contribution in [2.45, 2.75) is 19.5 Å². The van der Waals surface area contributed by atoms with E-state index in [2.05, 4.69) is 20.9 Å². The molecule has 0 bridgehead atoms. The molecule has 0 saturated carbocycles. The molecule has 1 N–H and O–H groups in total. The summed E-state index contributed by atoms with van der Waals surface area (Å²) in [7, 11) is 0. The van der Waals surface area contributed by atoms with Crippen molar-refractivity contribution >= 4 is 23.2 Å². The number of aromatic nitrogens is 3. The van der Waals surface area contributed by atoms with Crippen molar-refractivity contribution < 1.29 is 0 Å². The van der Waals surface area contributed by atoms with Gasteiger partial charge in [0.1, 0.15) is 5.82 Å². The molecule has 5 rings (SSSR count). The van der Waals surface area contributed by atoms with E-state index in [9.17, 15) is 4.79 Å². The largest absolute Gasteiger partial charge is 0.306 e. The first-order valence-electron chi connectivity index (χ1n) is 10.4. The Labute approximate surface area is 195 Å². The molecule has 2 aromatic carbocycles. The molecule has 2 aromatic heterocycles. The number of hydrogen-bond acceptors (Lipinski definition) is 4. The van der Waals surface area contributed by atoms with Crippen LogP contribution in [-0.4, -0.2) is 26.4 Å². The van der Waals surface area contributed by atoms with Gasteiger partial charge in [-0.25, -0.2) is 4.98 Å². The van der Waals surface area contributed by atoms with Gasteiger partial charge in [0.05, 0.1) is 17.0 Å². The summed E-state index contributed by atoms with van der Waals surface area (Å²) >= 11 is 11.9. The van der Waals surface area contributed by atoms with Crippen LogP contribution in [0.4, 0.5) is 0 Å². The van der Waals surface area contributed by atoms with Crippen molar-refractivity contribution in [1.29, 1.82) is 0 Å². The Bertz CT molecular complexity index is 1300. The lowest BCUT2D eigenvalue weighted by Gasteiger charge is -2.27. The van der Waals surface area contributed by atoms with Crippen LogP contribution in [0.1, 0.15) is 16.8 Å². The third kappa shape index (κ3) is 4.46. The summed E-state index contributed by atoms with van der Waals surface area (Å²) in [6.45, 7) is 2.13. The Hall–Kier alpha value is -2.99. The van der Waals surface area contributed by atoms with E-state index in [0.29, 0.717) is 22.4 Å². The van der Waals surface area contributed by atoms with Crippen LogP contribution in [-0.2, 0) is 19.5 Å². The molecule has 0 atom stereocenters. The van der Waals surface area contributed by atoms with Crippen molar-refractivity contribution in [2.24, 2.45) is 0 Å². The Morgan fingerprint density at radius 1 is 0.906 bits per heavy atom. The fraction of sp³-hybridized carbons (Fsp3) is 0.160. The summed E-state index contributed by atoms with van der Waals surface area (Å²) in [6.07, 6.45) is 2.63. The molecule has 0 fully saturated rings. The quantitative estimate of drug-likeness (QED) is 0.443. The first-order valence-corrected chi connectivity index (χ1v) is 11.1. The minimum Gasteiger partial charge on any atom is -0.306 e. The lowest BCUT2D eigenvalue weighted by molar-refractivity contribution is 0.241. The van der Waals surface area contributed by atoms with Crippen molar-refractivity contribution in [3.63, 3.8) is 0 Å². The molecule has 7 heteroatoms. The first-order chi connectivity index (χ1) is 15.5. The number of benzene rings is 2. The smallest absolute Gasteiger partial charge is 0.255 e. The number of fused-ring (bicyclic) bond motifs is 1. The van der Waals surface area contributed by atoms with Gasteiger partial charge < -0.3 is 4.98 Å². The number of aromatic amines is 1. The molecule has 32 heavy (non-hydrogen) atoms. The van der Waals surface area contributed by atoms with Gasteiger partial charge in [0, 0.05) is 53.4 Å². The highest BCUT2D eigenvalue weighted by Crippen LogP contribution is 2.23. The standard InChI is InChI=1S/C25H20Cl2N4O/c26-19-6-2-17(3-7-19)22-10-1-16(13-28-22)14-31-12-11-23-21(15-31)25(32)30-24(29-23)18-4-8-20(27)9-5-18/h1-10,13H,11-12,14-15H2,(H,29,30,32). The van der Waals surface area contributed by atoms with E-state index in [1.54, 1.807) is 12.1 Å². The van der Waals surface area contributed by atoms with E-state index in [4.69, 9.17) is 28.2 Å². The maximum absolute atomic E-state index is 12.8. The minimum atomic E-state index is -0.0825. The van der Waals surface area contributed by atoms with Crippen LogP contribution in [0.2, 0.25) is 10.0 Å². The molecule has 1 aliphatic heterocycles. The van der Waals surface area contributed by atoms with Crippen LogP contribution in [0.5, 0.6) is 0 Å². The number of rotatable bonds is 4. The van der Waals surface area contributed by atoms with Crippen LogP contribution in [0.25, 0.3) is 22.6 Å². The second-order valence-corrected chi connectivity index (χ2v) is 8.74. The molecule has 0 unspecified atom stereocenters. The number of nitrogens with one attached hydrogen (secondary N) is 1. The Morgan fingerprint density at radius 2 is 1.59 bits per heavy atom. The highest BCUT2D eigenvalue weighted by atomic mass is 35.5. The van der Waals surface area contributed by atoms with Crippen LogP contribution in [0.3, 0.4) is 0 Å². The van der Waals surface area contributed by atoms with Gasteiger partial charge in [-0.15, -0.1) is 0 Å².